The second-order valence-electron chi connectivity index (χ2n) is 7.79. The predicted octanol–water partition coefficient (Wildman–Crippen LogP) is 2.17. The van der Waals surface area contributed by atoms with Crippen molar-refractivity contribution in [1.82, 2.24) is 20.7 Å². The number of amides is 2. The molecule has 2 saturated heterocycles. The van der Waals surface area contributed by atoms with Gasteiger partial charge in [0.25, 0.3) is 0 Å². The van der Waals surface area contributed by atoms with Crippen LogP contribution in [0, 0.1) is 12.8 Å². The van der Waals surface area contributed by atoms with Gasteiger partial charge in [0.05, 0.1) is 11.7 Å². The van der Waals surface area contributed by atoms with Gasteiger partial charge in [-0.1, -0.05) is 24.3 Å². The van der Waals surface area contributed by atoms with Crippen molar-refractivity contribution in [3.8, 4) is 0 Å². The molecule has 1 aromatic heterocycles. The highest BCUT2D eigenvalue weighted by molar-refractivity contribution is 5.93. The summed E-state index contributed by atoms with van der Waals surface area (Å²) < 4.78 is 0. The van der Waals surface area contributed by atoms with Gasteiger partial charge in [-0.3, -0.25) is 14.6 Å². The van der Waals surface area contributed by atoms with Gasteiger partial charge in [-0.25, -0.2) is 10.9 Å². The number of carbonyl (C=O) groups excluding carboxylic acids is 2. The van der Waals surface area contributed by atoms with Crippen LogP contribution in [0.25, 0.3) is 0 Å². The number of carbonyl (C=O) groups is 2. The maximum absolute atomic E-state index is 12.9. The minimum absolute atomic E-state index is 0.0302. The number of nitrogens with one attached hydrogen (secondary N) is 3. The fourth-order valence-corrected chi connectivity index (χ4v) is 4.02. The maximum Gasteiger partial charge on any atom is 0.241 e. The van der Waals surface area contributed by atoms with Crippen molar-refractivity contribution in [1.29, 1.82) is 0 Å². The molecule has 2 fully saturated rings. The van der Waals surface area contributed by atoms with Gasteiger partial charge in [0.2, 0.25) is 11.8 Å². The van der Waals surface area contributed by atoms with Crippen LogP contribution in [0.15, 0.2) is 48.7 Å². The first-order valence-corrected chi connectivity index (χ1v) is 10.2. The molecule has 0 aliphatic carbocycles. The third-order valence-corrected chi connectivity index (χ3v) is 5.83. The van der Waals surface area contributed by atoms with E-state index in [1.54, 1.807) is 6.20 Å². The lowest BCUT2D eigenvalue weighted by molar-refractivity contribution is -0.136. The van der Waals surface area contributed by atoms with E-state index in [-0.39, 0.29) is 29.8 Å². The van der Waals surface area contributed by atoms with E-state index in [1.165, 1.54) is 0 Å². The molecule has 1 aromatic carbocycles. The normalized spacial score (nSPS) is 22.4. The number of nitrogens with zero attached hydrogens (tertiary/aromatic N) is 2. The van der Waals surface area contributed by atoms with E-state index < -0.39 is 0 Å². The number of hydrogen-bond acceptors (Lipinski definition) is 5. The lowest BCUT2D eigenvalue weighted by Crippen LogP contribution is -2.49. The smallest absolute Gasteiger partial charge is 0.241 e. The molecule has 0 bridgehead atoms. The van der Waals surface area contributed by atoms with Crippen molar-refractivity contribution in [3.63, 3.8) is 0 Å². The van der Waals surface area contributed by atoms with Gasteiger partial charge in [0, 0.05) is 30.9 Å². The average molecular weight is 393 g/mol. The summed E-state index contributed by atoms with van der Waals surface area (Å²) in [6, 6.07) is 13.3. The zero-order valence-electron chi connectivity index (χ0n) is 16.6. The van der Waals surface area contributed by atoms with Crippen LogP contribution in [0.3, 0.4) is 0 Å². The zero-order valence-corrected chi connectivity index (χ0v) is 16.6. The van der Waals surface area contributed by atoms with Crippen molar-refractivity contribution in [2.45, 2.75) is 38.3 Å². The quantitative estimate of drug-likeness (QED) is 0.741. The Bertz CT molecular complexity index is 865. The molecule has 2 aliphatic heterocycles. The molecule has 7 nitrogen and oxygen atoms in total. The van der Waals surface area contributed by atoms with Gasteiger partial charge in [-0.05, 0) is 49.9 Å². The second-order valence-corrected chi connectivity index (χ2v) is 7.79. The number of aromatic nitrogens is 1. The number of benzene rings is 1. The van der Waals surface area contributed by atoms with Gasteiger partial charge in [-0.15, -0.1) is 0 Å². The molecule has 7 heteroatoms. The molecule has 2 aliphatic rings. The average Bonchev–Trinajstić information content (AvgIpc) is 3.26. The summed E-state index contributed by atoms with van der Waals surface area (Å²) in [6.07, 6.45) is 3.81. The number of pyridine rings is 1. The summed E-state index contributed by atoms with van der Waals surface area (Å²) in [5.74, 6) is 0.0746. The highest BCUT2D eigenvalue weighted by Gasteiger charge is 2.35. The number of piperidine rings is 1. The number of rotatable bonds is 4. The summed E-state index contributed by atoms with van der Waals surface area (Å²) in [5.41, 5.74) is 9.14. The van der Waals surface area contributed by atoms with E-state index in [0.717, 1.165) is 16.9 Å². The number of hydrazine groups is 1. The summed E-state index contributed by atoms with van der Waals surface area (Å²) in [6.45, 7) is 3.20. The summed E-state index contributed by atoms with van der Waals surface area (Å²) in [5, 5.41) is 3.03. The highest BCUT2D eigenvalue weighted by Crippen LogP contribution is 2.25. The standard InChI is InChI=1S/C22H27N5O2/c1-15-6-2-3-7-17(15)24-21(28)16-9-12-27(13-10-16)22(29)20-14-19(25-26-20)18-8-4-5-11-23-18/h2-8,11,16,19-20,25-26H,9-10,12-14H2,1H3,(H,24,28). The molecule has 3 N–H and O–H groups in total. The number of aryl methyl sites for hydroxylation is 1. The topological polar surface area (TPSA) is 86.4 Å². The van der Waals surface area contributed by atoms with E-state index in [9.17, 15) is 9.59 Å². The fraction of sp³-hybridized carbons (Fsp3) is 0.409. The number of hydrogen-bond donors (Lipinski definition) is 3. The van der Waals surface area contributed by atoms with Crippen molar-refractivity contribution >= 4 is 17.5 Å². The molecular weight excluding hydrogens is 366 g/mol. The lowest BCUT2D eigenvalue weighted by Gasteiger charge is -2.33. The first-order chi connectivity index (χ1) is 14.1. The Morgan fingerprint density at radius 3 is 2.55 bits per heavy atom. The lowest BCUT2D eigenvalue weighted by atomic mass is 9.94. The summed E-state index contributed by atoms with van der Waals surface area (Å²) in [7, 11) is 0. The zero-order chi connectivity index (χ0) is 20.2. The van der Waals surface area contributed by atoms with Gasteiger partial charge in [0.1, 0.15) is 6.04 Å². The predicted molar refractivity (Wildman–Crippen MR) is 111 cm³/mol. The van der Waals surface area contributed by atoms with E-state index >= 15 is 0 Å². The summed E-state index contributed by atoms with van der Waals surface area (Å²) >= 11 is 0. The first kappa shape index (κ1) is 19.5. The third kappa shape index (κ3) is 4.46. The van der Waals surface area contributed by atoms with Crippen molar-refractivity contribution < 1.29 is 9.59 Å². The Labute approximate surface area is 170 Å². The minimum Gasteiger partial charge on any atom is -0.341 e. The van der Waals surface area contributed by atoms with Gasteiger partial charge >= 0.3 is 0 Å². The Balaban J connectivity index is 1.28. The van der Waals surface area contributed by atoms with Crippen LogP contribution in [0.5, 0.6) is 0 Å². The largest absolute Gasteiger partial charge is 0.341 e. The van der Waals surface area contributed by atoms with Crippen molar-refractivity contribution in [3.05, 3.63) is 59.9 Å². The third-order valence-electron chi connectivity index (χ3n) is 5.83. The van der Waals surface area contributed by atoms with Crippen LogP contribution in [-0.4, -0.2) is 40.8 Å². The van der Waals surface area contributed by atoms with E-state index in [2.05, 4.69) is 21.2 Å². The van der Waals surface area contributed by atoms with Crippen LogP contribution < -0.4 is 16.2 Å². The number of anilines is 1. The molecule has 0 saturated carbocycles. The minimum atomic E-state index is -0.264. The van der Waals surface area contributed by atoms with Crippen molar-refractivity contribution in [2.75, 3.05) is 18.4 Å². The van der Waals surface area contributed by atoms with Crippen LogP contribution in [-0.2, 0) is 9.59 Å². The SMILES string of the molecule is Cc1ccccc1NC(=O)C1CCN(C(=O)C2CC(c3ccccn3)NN2)CC1. The molecule has 29 heavy (non-hydrogen) atoms. The maximum atomic E-state index is 12.9. The number of para-hydroxylation sites is 1. The molecule has 2 unspecified atom stereocenters. The van der Waals surface area contributed by atoms with Crippen LogP contribution in [0.4, 0.5) is 5.69 Å². The van der Waals surface area contributed by atoms with Crippen molar-refractivity contribution in [2.24, 2.45) is 5.92 Å². The Kier molecular flexibility index (Phi) is 5.87. The Hall–Kier alpha value is -2.77. The molecular formula is C22H27N5O2. The van der Waals surface area contributed by atoms with E-state index in [4.69, 9.17) is 0 Å². The molecule has 0 radical (unpaired) electrons. The molecule has 3 heterocycles. The summed E-state index contributed by atoms with van der Waals surface area (Å²) in [4.78, 5) is 31.7. The van der Waals surface area contributed by atoms with Gasteiger partial charge in [-0.2, -0.15) is 0 Å². The molecule has 2 atom stereocenters. The van der Waals surface area contributed by atoms with Crippen LogP contribution >= 0.6 is 0 Å². The highest BCUT2D eigenvalue weighted by atomic mass is 16.2. The molecule has 4 rings (SSSR count). The second kappa shape index (κ2) is 8.71. The van der Waals surface area contributed by atoms with E-state index in [1.807, 2.05) is 54.3 Å². The monoisotopic (exact) mass is 393 g/mol. The molecule has 0 spiro atoms. The molecule has 2 amide bonds. The van der Waals surface area contributed by atoms with Crippen LogP contribution in [0.2, 0.25) is 0 Å². The number of likely N-dealkylation sites (tertiary alicyclic amines) is 1. The van der Waals surface area contributed by atoms with Gasteiger partial charge < -0.3 is 10.2 Å². The van der Waals surface area contributed by atoms with E-state index in [0.29, 0.717) is 32.4 Å². The first-order valence-electron chi connectivity index (χ1n) is 10.2. The van der Waals surface area contributed by atoms with Crippen LogP contribution in [0.1, 0.15) is 36.6 Å². The molecule has 152 valence electrons. The Morgan fingerprint density at radius 1 is 1.07 bits per heavy atom. The molecule has 2 aromatic rings. The van der Waals surface area contributed by atoms with Gasteiger partial charge in [0.15, 0.2) is 0 Å². The fourth-order valence-electron chi connectivity index (χ4n) is 4.02. The Morgan fingerprint density at radius 2 is 1.83 bits per heavy atom.